The van der Waals surface area contributed by atoms with Crippen molar-refractivity contribution in [2.75, 3.05) is 6.61 Å². The fourth-order valence-corrected chi connectivity index (χ4v) is 3.42. The zero-order valence-corrected chi connectivity index (χ0v) is 12.7. The molecular weight excluding hydrogens is 276 g/mol. The highest BCUT2D eigenvalue weighted by atomic mass is 35.5. The second-order valence-corrected chi connectivity index (χ2v) is 6.73. The van der Waals surface area contributed by atoms with Crippen molar-refractivity contribution < 1.29 is 14.6 Å². The van der Waals surface area contributed by atoms with Gasteiger partial charge in [-0.05, 0) is 24.1 Å². The average Bonchev–Trinajstić information content (AvgIpc) is 2.40. The highest BCUT2D eigenvalue weighted by Gasteiger charge is 2.45. The number of fused-ring (bicyclic) bond motifs is 1. The predicted octanol–water partition coefficient (Wildman–Crippen LogP) is 3.73. The number of hydrogen-bond donors (Lipinski definition) is 1. The zero-order valence-electron chi connectivity index (χ0n) is 11.9. The Balaban J connectivity index is 1.88. The molecule has 3 nitrogen and oxygen atoms in total. The van der Waals surface area contributed by atoms with E-state index in [-0.39, 0.29) is 11.7 Å². The lowest BCUT2D eigenvalue weighted by Crippen LogP contribution is -2.49. The molecule has 4 heteroatoms. The molecule has 0 radical (unpaired) electrons. The number of aliphatic hydroxyl groups excluding tert-OH is 1. The molecule has 2 unspecified atom stereocenters. The first-order chi connectivity index (χ1) is 9.49. The molecule has 0 aromatic heterocycles. The summed E-state index contributed by atoms with van der Waals surface area (Å²) in [6.45, 7) is 5.02. The molecule has 0 aliphatic carbocycles. The minimum atomic E-state index is -0.511. The summed E-state index contributed by atoms with van der Waals surface area (Å²) in [6, 6.07) is 5.47. The van der Waals surface area contributed by atoms with Gasteiger partial charge in [0.2, 0.25) is 0 Å². The number of aliphatic hydroxyl groups is 1. The molecule has 1 spiro atoms. The van der Waals surface area contributed by atoms with Crippen LogP contribution in [0.25, 0.3) is 0 Å². The summed E-state index contributed by atoms with van der Waals surface area (Å²) in [7, 11) is 0. The van der Waals surface area contributed by atoms with Crippen molar-refractivity contribution >= 4 is 11.6 Å². The molecule has 0 amide bonds. The summed E-state index contributed by atoms with van der Waals surface area (Å²) in [5.41, 5.74) is 0.503. The molecule has 1 fully saturated rings. The minimum absolute atomic E-state index is 0.199. The summed E-state index contributed by atoms with van der Waals surface area (Å²) in [5, 5.41) is 11.1. The van der Waals surface area contributed by atoms with Gasteiger partial charge in [-0.15, -0.1) is 0 Å². The lowest BCUT2D eigenvalue weighted by atomic mass is 9.79. The van der Waals surface area contributed by atoms with E-state index in [1.807, 2.05) is 12.1 Å². The van der Waals surface area contributed by atoms with Gasteiger partial charge in [-0.3, -0.25) is 0 Å². The normalized spacial score (nSPS) is 33.0. The first-order valence-electron chi connectivity index (χ1n) is 7.27. The van der Waals surface area contributed by atoms with Crippen LogP contribution in [0, 0.1) is 5.92 Å². The van der Waals surface area contributed by atoms with Gasteiger partial charge in [0, 0.05) is 29.8 Å². The van der Waals surface area contributed by atoms with Gasteiger partial charge in [0.15, 0.2) is 0 Å². The Morgan fingerprint density at radius 2 is 2.15 bits per heavy atom. The molecule has 1 aromatic rings. The quantitative estimate of drug-likeness (QED) is 0.858. The van der Waals surface area contributed by atoms with E-state index in [1.54, 1.807) is 6.07 Å². The van der Waals surface area contributed by atoms with E-state index in [0.29, 0.717) is 24.0 Å². The van der Waals surface area contributed by atoms with Gasteiger partial charge in [0.1, 0.15) is 11.4 Å². The molecule has 3 atom stereocenters. The molecule has 20 heavy (non-hydrogen) atoms. The number of rotatable bonds is 1. The number of hydrogen-bond acceptors (Lipinski definition) is 3. The first-order valence-corrected chi connectivity index (χ1v) is 7.65. The molecule has 1 N–H and O–H groups in total. The highest BCUT2D eigenvalue weighted by Crippen LogP contribution is 2.46. The fourth-order valence-electron chi connectivity index (χ4n) is 3.24. The fraction of sp³-hybridized carbons (Fsp3) is 0.625. The lowest BCUT2D eigenvalue weighted by Gasteiger charge is -2.46. The summed E-state index contributed by atoms with van der Waals surface area (Å²) >= 11 is 6.00. The molecule has 2 heterocycles. The van der Waals surface area contributed by atoms with Gasteiger partial charge in [-0.25, -0.2) is 0 Å². The van der Waals surface area contributed by atoms with Crippen LogP contribution >= 0.6 is 11.6 Å². The number of benzene rings is 1. The van der Waals surface area contributed by atoms with Gasteiger partial charge in [0.05, 0.1) is 18.8 Å². The van der Waals surface area contributed by atoms with Crippen LogP contribution in [0.15, 0.2) is 18.2 Å². The van der Waals surface area contributed by atoms with Gasteiger partial charge in [-0.2, -0.15) is 0 Å². The van der Waals surface area contributed by atoms with Gasteiger partial charge in [-0.1, -0.05) is 25.4 Å². The van der Waals surface area contributed by atoms with Crippen LogP contribution in [0.4, 0.5) is 0 Å². The summed E-state index contributed by atoms with van der Waals surface area (Å²) < 4.78 is 12.1. The van der Waals surface area contributed by atoms with Crippen LogP contribution in [-0.4, -0.2) is 23.4 Å². The van der Waals surface area contributed by atoms with Crippen LogP contribution in [0.2, 0.25) is 5.02 Å². The molecule has 0 bridgehead atoms. The maximum absolute atomic E-state index is 10.4. The Kier molecular flexibility index (Phi) is 3.69. The molecular formula is C16H21ClO3. The minimum Gasteiger partial charge on any atom is -0.487 e. The summed E-state index contributed by atoms with van der Waals surface area (Å²) in [4.78, 5) is 0. The Morgan fingerprint density at radius 3 is 2.90 bits per heavy atom. The van der Waals surface area contributed by atoms with E-state index >= 15 is 0 Å². The van der Waals surface area contributed by atoms with E-state index in [2.05, 4.69) is 13.8 Å². The van der Waals surface area contributed by atoms with E-state index in [4.69, 9.17) is 21.1 Å². The summed E-state index contributed by atoms with van der Waals surface area (Å²) in [6.07, 6.45) is 1.97. The Hall–Kier alpha value is -0.770. The SMILES string of the molecule is CC(C)C1CC2(CCO1)C[C@@H](O)c1cc(Cl)ccc1O2. The Bertz CT molecular complexity index is 502. The standard InChI is InChI=1S/C16H21ClO3/c1-10(2)15-9-16(5-6-19-15)8-13(18)12-7-11(17)3-4-14(12)20-16/h3-4,7,10,13,15,18H,5-6,8-9H2,1-2H3/t13-,15?,16?/m1/s1. The molecule has 1 saturated heterocycles. The summed E-state index contributed by atoms with van der Waals surface area (Å²) in [5.74, 6) is 1.22. The van der Waals surface area contributed by atoms with E-state index in [9.17, 15) is 5.11 Å². The molecule has 110 valence electrons. The monoisotopic (exact) mass is 296 g/mol. The van der Waals surface area contributed by atoms with Crippen molar-refractivity contribution in [3.8, 4) is 5.75 Å². The van der Waals surface area contributed by atoms with Gasteiger partial charge < -0.3 is 14.6 Å². The van der Waals surface area contributed by atoms with Crippen molar-refractivity contribution in [1.29, 1.82) is 0 Å². The van der Waals surface area contributed by atoms with E-state index in [1.165, 1.54) is 0 Å². The first kappa shape index (κ1) is 14.2. The molecule has 1 aromatic carbocycles. The van der Waals surface area contributed by atoms with Gasteiger partial charge in [0.25, 0.3) is 0 Å². The van der Waals surface area contributed by atoms with E-state index in [0.717, 1.165) is 24.2 Å². The lowest BCUT2D eigenvalue weighted by molar-refractivity contribution is -0.127. The van der Waals surface area contributed by atoms with Crippen molar-refractivity contribution in [3.63, 3.8) is 0 Å². The third-order valence-corrected chi connectivity index (χ3v) is 4.66. The Labute approximate surface area is 124 Å². The van der Waals surface area contributed by atoms with Crippen LogP contribution in [0.3, 0.4) is 0 Å². The predicted molar refractivity (Wildman–Crippen MR) is 78.2 cm³/mol. The third-order valence-electron chi connectivity index (χ3n) is 4.43. The van der Waals surface area contributed by atoms with Crippen LogP contribution in [0.1, 0.15) is 44.8 Å². The highest BCUT2D eigenvalue weighted by molar-refractivity contribution is 6.30. The number of halogens is 1. The van der Waals surface area contributed by atoms with Crippen molar-refractivity contribution in [1.82, 2.24) is 0 Å². The average molecular weight is 297 g/mol. The zero-order chi connectivity index (χ0) is 14.3. The van der Waals surface area contributed by atoms with Crippen molar-refractivity contribution in [3.05, 3.63) is 28.8 Å². The van der Waals surface area contributed by atoms with Crippen molar-refractivity contribution in [2.45, 2.75) is 50.9 Å². The van der Waals surface area contributed by atoms with Crippen LogP contribution in [0.5, 0.6) is 5.75 Å². The maximum atomic E-state index is 10.4. The largest absolute Gasteiger partial charge is 0.487 e. The van der Waals surface area contributed by atoms with Crippen molar-refractivity contribution in [2.24, 2.45) is 5.92 Å². The molecule has 2 aliphatic heterocycles. The van der Waals surface area contributed by atoms with E-state index < -0.39 is 6.10 Å². The maximum Gasteiger partial charge on any atom is 0.126 e. The number of ether oxygens (including phenoxy) is 2. The topological polar surface area (TPSA) is 38.7 Å². The molecule has 3 rings (SSSR count). The third kappa shape index (κ3) is 2.54. The smallest absolute Gasteiger partial charge is 0.126 e. The van der Waals surface area contributed by atoms with Crippen LogP contribution in [-0.2, 0) is 4.74 Å². The van der Waals surface area contributed by atoms with Crippen LogP contribution < -0.4 is 4.74 Å². The second-order valence-electron chi connectivity index (χ2n) is 6.29. The second kappa shape index (κ2) is 5.21. The molecule has 2 aliphatic rings. The molecule has 0 saturated carbocycles. The Morgan fingerprint density at radius 1 is 1.35 bits per heavy atom. The van der Waals surface area contributed by atoms with Gasteiger partial charge >= 0.3 is 0 Å².